The molecule has 0 atom stereocenters. The Morgan fingerprint density at radius 1 is 1.75 bits per heavy atom. The third-order valence-electron chi connectivity index (χ3n) is 1.49. The summed E-state index contributed by atoms with van der Waals surface area (Å²) in [6.45, 7) is 2.48. The lowest BCUT2D eigenvalue weighted by molar-refractivity contribution is 0.100. The van der Waals surface area contributed by atoms with Gasteiger partial charge in [-0.05, 0) is 22.9 Å². The molecule has 1 heterocycles. The first kappa shape index (κ1) is 9.05. The Morgan fingerprint density at radius 2 is 2.33 bits per heavy atom. The molecule has 66 valence electrons. The largest absolute Gasteiger partial charge is 0.383 e. The molecule has 1 aromatic rings. The van der Waals surface area contributed by atoms with Gasteiger partial charge >= 0.3 is 0 Å². The summed E-state index contributed by atoms with van der Waals surface area (Å²) in [5.41, 5.74) is 10.9. The monoisotopic (exact) mass is 232 g/mol. The standard InChI is InChI=1S/C6H9BrN4O/c1-2-11-5(8)3(6(9)12)4(7)10-11/h2,8H2,1H3,(H2,9,12). The number of primary amides is 1. The van der Waals surface area contributed by atoms with E-state index in [-0.39, 0.29) is 5.56 Å². The van der Waals surface area contributed by atoms with Crippen molar-refractivity contribution in [1.29, 1.82) is 0 Å². The number of nitrogen functional groups attached to an aromatic ring is 1. The average Bonchev–Trinajstić information content (AvgIpc) is 2.25. The first-order valence-corrected chi connectivity index (χ1v) is 4.18. The Labute approximate surface area is 77.8 Å². The maximum atomic E-state index is 10.8. The lowest BCUT2D eigenvalue weighted by Crippen LogP contribution is -2.14. The van der Waals surface area contributed by atoms with Gasteiger partial charge in [-0.3, -0.25) is 4.79 Å². The lowest BCUT2D eigenvalue weighted by atomic mass is 10.3. The molecule has 0 unspecified atom stereocenters. The smallest absolute Gasteiger partial charge is 0.255 e. The molecule has 0 spiro atoms. The van der Waals surface area contributed by atoms with E-state index >= 15 is 0 Å². The Hall–Kier alpha value is -1.04. The van der Waals surface area contributed by atoms with Crippen molar-refractivity contribution < 1.29 is 4.79 Å². The summed E-state index contributed by atoms with van der Waals surface area (Å²) in [5, 5.41) is 3.96. The molecule has 0 aliphatic carbocycles. The number of carbonyl (C=O) groups excluding carboxylic acids is 1. The Kier molecular flexibility index (Phi) is 2.37. The van der Waals surface area contributed by atoms with Crippen molar-refractivity contribution in [3.05, 3.63) is 10.2 Å². The molecule has 4 N–H and O–H groups in total. The molecule has 5 nitrogen and oxygen atoms in total. The molecule has 0 bridgehead atoms. The van der Waals surface area contributed by atoms with E-state index in [4.69, 9.17) is 11.5 Å². The maximum absolute atomic E-state index is 10.8. The minimum absolute atomic E-state index is 0.247. The molecule has 0 saturated carbocycles. The van der Waals surface area contributed by atoms with Crippen LogP contribution in [0.4, 0.5) is 5.82 Å². The molecule has 6 heteroatoms. The number of carbonyl (C=O) groups is 1. The van der Waals surface area contributed by atoms with Crippen molar-refractivity contribution in [2.45, 2.75) is 13.5 Å². The lowest BCUT2D eigenvalue weighted by Gasteiger charge is -1.97. The fourth-order valence-electron chi connectivity index (χ4n) is 0.914. The van der Waals surface area contributed by atoms with Gasteiger partial charge in [0.05, 0.1) is 0 Å². The molecule has 0 aliphatic rings. The predicted molar refractivity (Wildman–Crippen MR) is 48.5 cm³/mol. The second kappa shape index (κ2) is 3.14. The van der Waals surface area contributed by atoms with E-state index in [0.29, 0.717) is 17.0 Å². The Morgan fingerprint density at radius 3 is 2.58 bits per heavy atom. The van der Waals surface area contributed by atoms with Gasteiger partial charge in [0.25, 0.3) is 5.91 Å². The number of anilines is 1. The first-order chi connectivity index (χ1) is 5.57. The van der Waals surface area contributed by atoms with E-state index in [1.165, 1.54) is 4.68 Å². The molecule has 0 saturated heterocycles. The van der Waals surface area contributed by atoms with Gasteiger partial charge in [-0.2, -0.15) is 5.10 Å². The van der Waals surface area contributed by atoms with Crippen molar-refractivity contribution in [1.82, 2.24) is 9.78 Å². The predicted octanol–water partition coefficient (Wildman–Crippen LogP) is 0.347. The van der Waals surface area contributed by atoms with Crippen LogP contribution in [0.2, 0.25) is 0 Å². The van der Waals surface area contributed by atoms with Crippen LogP contribution in [0.5, 0.6) is 0 Å². The van der Waals surface area contributed by atoms with E-state index in [1.54, 1.807) is 0 Å². The molecule has 1 amide bonds. The quantitative estimate of drug-likeness (QED) is 0.772. The number of amides is 1. The first-order valence-electron chi connectivity index (χ1n) is 3.39. The Balaban J connectivity index is 3.28. The van der Waals surface area contributed by atoms with E-state index in [0.717, 1.165) is 0 Å². The fraction of sp³-hybridized carbons (Fsp3) is 0.333. The van der Waals surface area contributed by atoms with Gasteiger partial charge in [0.1, 0.15) is 16.0 Å². The molecule has 1 rings (SSSR count). The van der Waals surface area contributed by atoms with Gasteiger partial charge in [0.2, 0.25) is 0 Å². The van der Waals surface area contributed by atoms with Crippen molar-refractivity contribution in [3.63, 3.8) is 0 Å². The summed E-state index contributed by atoms with van der Waals surface area (Å²) in [4.78, 5) is 10.8. The minimum atomic E-state index is -0.570. The molecule has 0 radical (unpaired) electrons. The number of hydrogen-bond acceptors (Lipinski definition) is 3. The van der Waals surface area contributed by atoms with E-state index in [2.05, 4.69) is 21.0 Å². The normalized spacial score (nSPS) is 10.2. The summed E-state index contributed by atoms with van der Waals surface area (Å²) < 4.78 is 1.90. The number of nitrogens with two attached hydrogens (primary N) is 2. The summed E-state index contributed by atoms with van der Waals surface area (Å²) in [6.07, 6.45) is 0. The van der Waals surface area contributed by atoms with Crippen LogP contribution in [0.3, 0.4) is 0 Å². The van der Waals surface area contributed by atoms with Gasteiger partial charge < -0.3 is 11.5 Å². The maximum Gasteiger partial charge on any atom is 0.255 e. The third kappa shape index (κ3) is 1.29. The summed E-state index contributed by atoms with van der Waals surface area (Å²) in [6, 6.07) is 0. The van der Waals surface area contributed by atoms with Crippen LogP contribution < -0.4 is 11.5 Å². The van der Waals surface area contributed by atoms with Crippen molar-refractivity contribution in [2.24, 2.45) is 5.73 Å². The highest BCUT2D eigenvalue weighted by atomic mass is 79.9. The second-order valence-corrected chi connectivity index (χ2v) is 2.98. The van der Waals surface area contributed by atoms with Crippen molar-refractivity contribution in [2.75, 3.05) is 5.73 Å². The molecular formula is C6H9BrN4O. The van der Waals surface area contributed by atoms with Gasteiger partial charge in [0, 0.05) is 6.54 Å². The van der Waals surface area contributed by atoms with Gasteiger partial charge in [-0.25, -0.2) is 4.68 Å². The van der Waals surface area contributed by atoms with Crippen LogP contribution in [0.15, 0.2) is 4.60 Å². The number of nitrogens with zero attached hydrogens (tertiary/aromatic N) is 2. The summed E-state index contributed by atoms with van der Waals surface area (Å²) in [5.74, 6) is -0.268. The zero-order valence-corrected chi connectivity index (χ0v) is 8.13. The topological polar surface area (TPSA) is 86.9 Å². The highest BCUT2D eigenvalue weighted by Crippen LogP contribution is 2.20. The van der Waals surface area contributed by atoms with Crippen LogP contribution >= 0.6 is 15.9 Å². The van der Waals surface area contributed by atoms with E-state index in [1.807, 2.05) is 6.92 Å². The summed E-state index contributed by atoms with van der Waals surface area (Å²) in [7, 11) is 0. The minimum Gasteiger partial charge on any atom is -0.383 e. The van der Waals surface area contributed by atoms with Crippen LogP contribution in [0, 0.1) is 0 Å². The van der Waals surface area contributed by atoms with Crippen molar-refractivity contribution in [3.8, 4) is 0 Å². The highest BCUT2D eigenvalue weighted by Gasteiger charge is 2.16. The van der Waals surface area contributed by atoms with Gasteiger partial charge in [-0.15, -0.1) is 0 Å². The highest BCUT2D eigenvalue weighted by molar-refractivity contribution is 9.10. The number of aromatic nitrogens is 2. The molecular weight excluding hydrogens is 224 g/mol. The number of aryl methyl sites for hydroxylation is 1. The third-order valence-corrected chi connectivity index (χ3v) is 2.05. The summed E-state index contributed by atoms with van der Waals surface area (Å²) >= 11 is 3.10. The van der Waals surface area contributed by atoms with Crippen molar-refractivity contribution >= 4 is 27.7 Å². The number of rotatable bonds is 2. The van der Waals surface area contributed by atoms with Crippen LogP contribution in [0.1, 0.15) is 17.3 Å². The zero-order chi connectivity index (χ0) is 9.30. The second-order valence-electron chi connectivity index (χ2n) is 2.23. The number of halogens is 1. The molecule has 12 heavy (non-hydrogen) atoms. The van der Waals surface area contributed by atoms with Crippen LogP contribution in [-0.2, 0) is 6.54 Å². The molecule has 0 aliphatic heterocycles. The van der Waals surface area contributed by atoms with Gasteiger partial charge in [-0.1, -0.05) is 0 Å². The SMILES string of the molecule is CCn1nc(Br)c(C(N)=O)c1N. The molecule has 1 aromatic heterocycles. The molecule has 0 aromatic carbocycles. The molecule has 0 fully saturated rings. The number of hydrogen-bond donors (Lipinski definition) is 2. The fourth-order valence-corrected chi connectivity index (χ4v) is 1.50. The zero-order valence-electron chi connectivity index (χ0n) is 6.54. The van der Waals surface area contributed by atoms with E-state index in [9.17, 15) is 4.79 Å². The average molecular weight is 233 g/mol. The Bertz CT molecular complexity index is 320. The van der Waals surface area contributed by atoms with Gasteiger partial charge in [0.15, 0.2) is 0 Å². The van der Waals surface area contributed by atoms with Crippen LogP contribution in [-0.4, -0.2) is 15.7 Å². The van der Waals surface area contributed by atoms with E-state index < -0.39 is 5.91 Å². The van der Waals surface area contributed by atoms with Crippen LogP contribution in [0.25, 0.3) is 0 Å².